The minimum absolute atomic E-state index is 0.123. The fourth-order valence-corrected chi connectivity index (χ4v) is 1.91. The second-order valence-corrected chi connectivity index (χ2v) is 5.02. The number of carbonyl (C=O) groups is 1. The molecule has 0 unspecified atom stereocenters. The largest absolute Gasteiger partial charge is 0.484 e. The topological polar surface area (TPSA) is 56.1 Å². The molecule has 1 aromatic heterocycles. The summed E-state index contributed by atoms with van der Waals surface area (Å²) in [7, 11) is 1.75. The number of rotatable bonds is 4. The molecule has 5 nitrogen and oxygen atoms in total. The number of ether oxygens (including phenoxy) is 1. The number of aryl methyl sites for hydroxylation is 2. The van der Waals surface area contributed by atoms with E-state index in [4.69, 9.17) is 27.9 Å². The zero-order chi connectivity index (χ0) is 14.7. The van der Waals surface area contributed by atoms with E-state index in [-0.39, 0.29) is 12.5 Å². The van der Waals surface area contributed by atoms with Crippen molar-refractivity contribution in [3.05, 3.63) is 40.0 Å². The van der Waals surface area contributed by atoms with Gasteiger partial charge >= 0.3 is 0 Å². The monoisotopic (exact) mass is 313 g/mol. The second kappa shape index (κ2) is 6.15. The molecule has 0 radical (unpaired) electrons. The number of amides is 1. The third-order valence-corrected chi connectivity index (χ3v) is 3.27. The van der Waals surface area contributed by atoms with Crippen LogP contribution >= 0.6 is 23.2 Å². The maximum absolute atomic E-state index is 11.8. The maximum atomic E-state index is 11.8. The molecule has 0 aliphatic heterocycles. The lowest BCUT2D eigenvalue weighted by molar-refractivity contribution is -0.118. The van der Waals surface area contributed by atoms with Crippen LogP contribution in [0.2, 0.25) is 10.0 Å². The van der Waals surface area contributed by atoms with Gasteiger partial charge in [-0.15, -0.1) is 0 Å². The van der Waals surface area contributed by atoms with Crippen molar-refractivity contribution in [3.8, 4) is 5.75 Å². The van der Waals surface area contributed by atoms with Gasteiger partial charge in [0.05, 0.1) is 15.7 Å². The first-order valence-corrected chi connectivity index (χ1v) is 6.59. The number of benzene rings is 1. The molecule has 0 aliphatic carbocycles. The Morgan fingerprint density at radius 1 is 1.35 bits per heavy atom. The smallest absolute Gasteiger partial charge is 0.263 e. The van der Waals surface area contributed by atoms with Crippen molar-refractivity contribution in [1.29, 1.82) is 0 Å². The van der Waals surface area contributed by atoms with Crippen LogP contribution in [0, 0.1) is 6.92 Å². The molecule has 0 fully saturated rings. The van der Waals surface area contributed by atoms with Crippen LogP contribution in [0.1, 0.15) is 5.69 Å². The van der Waals surface area contributed by atoms with Crippen LogP contribution in [0.15, 0.2) is 24.3 Å². The molecule has 0 spiro atoms. The van der Waals surface area contributed by atoms with Crippen LogP contribution in [0.25, 0.3) is 0 Å². The first kappa shape index (κ1) is 14.7. The van der Waals surface area contributed by atoms with Gasteiger partial charge in [-0.05, 0) is 19.1 Å². The first-order chi connectivity index (χ1) is 9.45. The molecule has 0 saturated carbocycles. The van der Waals surface area contributed by atoms with Gasteiger partial charge in [-0.3, -0.25) is 9.48 Å². The Balaban J connectivity index is 1.92. The fraction of sp³-hybridized carbons (Fsp3) is 0.231. The van der Waals surface area contributed by atoms with E-state index in [1.54, 1.807) is 36.0 Å². The van der Waals surface area contributed by atoms with Crippen molar-refractivity contribution >= 4 is 34.9 Å². The quantitative estimate of drug-likeness (QED) is 0.943. The summed E-state index contributed by atoms with van der Waals surface area (Å²) in [6.07, 6.45) is 0. The molecule has 0 saturated heterocycles. The van der Waals surface area contributed by atoms with Gasteiger partial charge in [0.25, 0.3) is 5.91 Å². The molecule has 20 heavy (non-hydrogen) atoms. The highest BCUT2D eigenvalue weighted by atomic mass is 35.5. The van der Waals surface area contributed by atoms with E-state index < -0.39 is 0 Å². The van der Waals surface area contributed by atoms with Crippen LogP contribution in [0.3, 0.4) is 0 Å². The molecule has 0 atom stereocenters. The number of nitrogens with zero attached hydrogens (tertiary/aromatic N) is 2. The lowest BCUT2D eigenvalue weighted by Crippen LogP contribution is -2.21. The highest BCUT2D eigenvalue weighted by Gasteiger charge is 2.08. The molecular formula is C13H13Cl2N3O2. The molecule has 106 valence electrons. The minimum Gasteiger partial charge on any atom is -0.484 e. The van der Waals surface area contributed by atoms with E-state index in [0.29, 0.717) is 21.6 Å². The van der Waals surface area contributed by atoms with Crippen molar-refractivity contribution in [3.63, 3.8) is 0 Å². The Hall–Kier alpha value is -1.72. The molecule has 1 heterocycles. The van der Waals surface area contributed by atoms with Gasteiger partial charge in [0, 0.05) is 19.2 Å². The minimum atomic E-state index is -0.279. The predicted molar refractivity (Wildman–Crippen MR) is 78.5 cm³/mol. The highest BCUT2D eigenvalue weighted by molar-refractivity contribution is 6.42. The van der Waals surface area contributed by atoms with Gasteiger partial charge in [-0.25, -0.2) is 0 Å². The van der Waals surface area contributed by atoms with Gasteiger partial charge < -0.3 is 10.1 Å². The number of hydrogen-bond acceptors (Lipinski definition) is 3. The number of halogens is 2. The molecule has 2 aromatic rings. The molecule has 1 amide bonds. The molecule has 7 heteroatoms. The molecule has 1 N–H and O–H groups in total. The number of hydrogen-bond donors (Lipinski definition) is 1. The van der Waals surface area contributed by atoms with Crippen LogP contribution in [0.4, 0.5) is 5.82 Å². The van der Waals surface area contributed by atoms with Crippen LogP contribution in [-0.4, -0.2) is 22.3 Å². The summed E-state index contributed by atoms with van der Waals surface area (Å²) in [4.78, 5) is 11.8. The van der Waals surface area contributed by atoms with Crippen LogP contribution < -0.4 is 10.1 Å². The molecule has 1 aromatic carbocycles. The Morgan fingerprint density at radius 2 is 2.10 bits per heavy atom. The SMILES string of the molecule is Cc1cc(NC(=O)COc2ccc(Cl)c(Cl)c2)n(C)n1. The average molecular weight is 314 g/mol. The van der Waals surface area contributed by atoms with Gasteiger partial charge in [0.2, 0.25) is 0 Å². The third kappa shape index (κ3) is 3.65. The normalized spacial score (nSPS) is 10.4. The van der Waals surface area contributed by atoms with Gasteiger partial charge in [-0.1, -0.05) is 23.2 Å². The summed E-state index contributed by atoms with van der Waals surface area (Å²) in [6, 6.07) is 6.60. The summed E-state index contributed by atoms with van der Waals surface area (Å²) in [5.41, 5.74) is 0.827. The van der Waals surface area contributed by atoms with E-state index >= 15 is 0 Å². The lowest BCUT2D eigenvalue weighted by Gasteiger charge is -2.08. The average Bonchev–Trinajstić information content (AvgIpc) is 2.69. The summed E-state index contributed by atoms with van der Waals surface area (Å²) in [5, 5.41) is 7.66. The molecule has 2 rings (SSSR count). The van der Waals surface area contributed by atoms with E-state index in [9.17, 15) is 4.79 Å². The lowest BCUT2D eigenvalue weighted by atomic mass is 10.3. The van der Waals surface area contributed by atoms with Crippen molar-refractivity contribution in [2.75, 3.05) is 11.9 Å². The summed E-state index contributed by atoms with van der Waals surface area (Å²) in [6.45, 7) is 1.73. The number of nitrogens with one attached hydrogen (secondary N) is 1. The van der Waals surface area contributed by atoms with Gasteiger partial charge in [-0.2, -0.15) is 5.10 Å². The van der Waals surface area contributed by atoms with Gasteiger partial charge in [0.15, 0.2) is 6.61 Å². The van der Waals surface area contributed by atoms with Crippen molar-refractivity contribution in [2.45, 2.75) is 6.92 Å². The predicted octanol–water partition coefficient (Wildman–Crippen LogP) is 3.05. The second-order valence-electron chi connectivity index (χ2n) is 4.21. The standard InChI is InChI=1S/C13H13Cl2N3O2/c1-8-5-12(18(2)17-8)16-13(19)7-20-9-3-4-10(14)11(15)6-9/h3-6H,7H2,1-2H3,(H,16,19). The third-order valence-electron chi connectivity index (χ3n) is 2.53. The van der Waals surface area contributed by atoms with Crippen molar-refractivity contribution in [1.82, 2.24) is 9.78 Å². The van der Waals surface area contributed by atoms with Gasteiger partial charge in [0.1, 0.15) is 11.6 Å². The number of aromatic nitrogens is 2. The Bertz CT molecular complexity index is 641. The van der Waals surface area contributed by atoms with Crippen molar-refractivity contribution in [2.24, 2.45) is 7.05 Å². The van der Waals surface area contributed by atoms with Crippen LogP contribution in [0.5, 0.6) is 5.75 Å². The van der Waals surface area contributed by atoms with Crippen LogP contribution in [-0.2, 0) is 11.8 Å². The Kier molecular flexibility index (Phi) is 4.52. The zero-order valence-corrected chi connectivity index (χ0v) is 12.5. The first-order valence-electron chi connectivity index (χ1n) is 5.84. The summed E-state index contributed by atoms with van der Waals surface area (Å²) < 4.78 is 6.93. The van der Waals surface area contributed by atoms with E-state index in [0.717, 1.165) is 5.69 Å². The highest BCUT2D eigenvalue weighted by Crippen LogP contribution is 2.26. The van der Waals surface area contributed by atoms with E-state index in [1.165, 1.54) is 0 Å². The zero-order valence-electron chi connectivity index (χ0n) is 11.0. The molecule has 0 aliphatic rings. The summed E-state index contributed by atoms with van der Waals surface area (Å²) >= 11 is 11.7. The number of anilines is 1. The van der Waals surface area contributed by atoms with E-state index in [2.05, 4.69) is 10.4 Å². The maximum Gasteiger partial charge on any atom is 0.263 e. The summed E-state index contributed by atoms with van der Waals surface area (Å²) in [5.74, 6) is 0.819. The Morgan fingerprint density at radius 3 is 2.70 bits per heavy atom. The van der Waals surface area contributed by atoms with E-state index in [1.807, 2.05) is 6.92 Å². The molecule has 0 bridgehead atoms. The fourth-order valence-electron chi connectivity index (χ4n) is 1.62. The number of carbonyl (C=O) groups excluding carboxylic acids is 1. The molecular weight excluding hydrogens is 301 g/mol. The van der Waals surface area contributed by atoms with Crippen molar-refractivity contribution < 1.29 is 9.53 Å². The Labute approximate surface area is 126 Å².